The summed E-state index contributed by atoms with van der Waals surface area (Å²) >= 11 is 0. The van der Waals surface area contributed by atoms with Crippen LogP contribution < -0.4 is 15.4 Å². The fourth-order valence-electron chi connectivity index (χ4n) is 3.51. The van der Waals surface area contributed by atoms with Gasteiger partial charge >= 0.3 is 6.18 Å². The third-order valence-electron chi connectivity index (χ3n) is 4.70. The Labute approximate surface area is 138 Å². The third-order valence-corrected chi connectivity index (χ3v) is 4.70. The molecule has 2 fully saturated rings. The van der Waals surface area contributed by atoms with Gasteiger partial charge in [-0.1, -0.05) is 0 Å². The molecule has 1 aromatic heterocycles. The van der Waals surface area contributed by atoms with Crippen molar-refractivity contribution in [3.63, 3.8) is 0 Å². The number of hydrogen-bond acceptors (Lipinski definition) is 4. The second-order valence-corrected chi connectivity index (χ2v) is 6.45. The lowest BCUT2D eigenvalue weighted by Crippen LogP contribution is -2.49. The van der Waals surface area contributed by atoms with Crippen molar-refractivity contribution >= 4 is 11.5 Å². The van der Waals surface area contributed by atoms with Crippen molar-refractivity contribution in [2.24, 2.45) is 0 Å². The number of hydrogen-bond donors (Lipinski definition) is 1. The Morgan fingerprint density at radius 3 is 2.71 bits per heavy atom. The second kappa shape index (κ2) is 6.66. The van der Waals surface area contributed by atoms with Gasteiger partial charge in [0.25, 0.3) is 5.56 Å². The highest BCUT2D eigenvalue weighted by atomic mass is 19.4. The van der Waals surface area contributed by atoms with Crippen molar-refractivity contribution in [3.8, 4) is 0 Å². The van der Waals surface area contributed by atoms with Gasteiger partial charge in [0.15, 0.2) is 0 Å². The van der Waals surface area contributed by atoms with Crippen LogP contribution in [-0.4, -0.2) is 49.5 Å². The molecular formula is C16H22F3N3O2. The molecule has 0 radical (unpaired) electrons. The van der Waals surface area contributed by atoms with Crippen LogP contribution >= 0.6 is 0 Å². The maximum atomic E-state index is 13.3. The summed E-state index contributed by atoms with van der Waals surface area (Å²) in [5.41, 5.74) is 0.267. The minimum atomic E-state index is -4.31. The van der Waals surface area contributed by atoms with E-state index < -0.39 is 12.2 Å². The number of ether oxygens (including phenoxy) is 1. The average Bonchev–Trinajstić information content (AvgIpc) is 2.54. The minimum absolute atomic E-state index is 0.0592. The zero-order valence-corrected chi connectivity index (χ0v) is 13.6. The SMILES string of the molecule is C[C@@H]1COCCN1c1cc(N2CCCC[C@@H]2C(F)(F)F)[nH]c(=O)c1. The number of nitrogens with zero attached hydrogens (tertiary/aromatic N) is 2. The van der Waals surface area contributed by atoms with E-state index in [1.165, 1.54) is 11.0 Å². The van der Waals surface area contributed by atoms with Crippen LogP contribution in [0, 0.1) is 0 Å². The summed E-state index contributed by atoms with van der Waals surface area (Å²) in [7, 11) is 0. The maximum Gasteiger partial charge on any atom is 0.408 e. The molecule has 0 aliphatic carbocycles. The van der Waals surface area contributed by atoms with Crippen LogP contribution in [0.15, 0.2) is 16.9 Å². The molecule has 0 aromatic carbocycles. The number of aromatic nitrogens is 1. The van der Waals surface area contributed by atoms with Crippen molar-refractivity contribution in [1.82, 2.24) is 4.98 Å². The van der Waals surface area contributed by atoms with Crippen LogP contribution in [0.4, 0.5) is 24.7 Å². The van der Waals surface area contributed by atoms with Gasteiger partial charge in [-0.2, -0.15) is 13.2 Å². The van der Waals surface area contributed by atoms with Crippen LogP contribution in [0.5, 0.6) is 0 Å². The highest BCUT2D eigenvalue weighted by Gasteiger charge is 2.45. The fraction of sp³-hybridized carbons (Fsp3) is 0.688. The molecule has 134 valence electrons. The van der Waals surface area contributed by atoms with E-state index in [0.717, 1.165) is 0 Å². The van der Waals surface area contributed by atoms with Crippen molar-refractivity contribution < 1.29 is 17.9 Å². The van der Waals surface area contributed by atoms with Crippen molar-refractivity contribution in [3.05, 3.63) is 22.5 Å². The molecule has 2 aliphatic rings. The van der Waals surface area contributed by atoms with Gasteiger partial charge in [-0.25, -0.2) is 0 Å². The number of aromatic amines is 1. The number of morpholine rings is 1. The fourth-order valence-corrected chi connectivity index (χ4v) is 3.51. The molecule has 0 spiro atoms. The molecule has 2 atom stereocenters. The molecule has 3 heterocycles. The molecule has 0 bridgehead atoms. The van der Waals surface area contributed by atoms with Gasteiger partial charge in [0, 0.05) is 37.0 Å². The van der Waals surface area contributed by atoms with Crippen molar-refractivity contribution in [2.45, 2.75) is 44.4 Å². The molecule has 3 rings (SSSR count). The smallest absolute Gasteiger partial charge is 0.377 e. The van der Waals surface area contributed by atoms with E-state index in [4.69, 9.17) is 4.74 Å². The highest BCUT2D eigenvalue weighted by Crippen LogP contribution is 2.35. The van der Waals surface area contributed by atoms with Crippen LogP contribution in [0.2, 0.25) is 0 Å². The molecule has 1 N–H and O–H groups in total. The normalized spacial score (nSPS) is 25.8. The predicted octanol–water partition coefficient (Wildman–Crippen LogP) is 2.52. The first-order valence-corrected chi connectivity index (χ1v) is 8.28. The average molecular weight is 345 g/mol. The molecule has 2 saturated heterocycles. The standard InChI is InChI=1S/C16H22F3N3O2/c1-11-10-24-7-6-21(11)12-8-14(20-15(23)9-12)22-5-3-2-4-13(22)16(17,18)19/h8-9,11,13H,2-7,10H2,1H3,(H,20,23)/t11-,13-/m1/s1. The first-order valence-electron chi connectivity index (χ1n) is 8.28. The summed E-state index contributed by atoms with van der Waals surface area (Å²) < 4.78 is 45.4. The topological polar surface area (TPSA) is 48.6 Å². The lowest BCUT2D eigenvalue weighted by molar-refractivity contribution is -0.152. The van der Waals surface area contributed by atoms with Gasteiger partial charge in [0.1, 0.15) is 11.9 Å². The Hall–Kier alpha value is -1.70. The van der Waals surface area contributed by atoms with E-state index in [9.17, 15) is 18.0 Å². The van der Waals surface area contributed by atoms with Crippen LogP contribution in [0.25, 0.3) is 0 Å². The van der Waals surface area contributed by atoms with Crippen LogP contribution in [-0.2, 0) is 4.74 Å². The number of pyridine rings is 1. The lowest BCUT2D eigenvalue weighted by atomic mass is 10.0. The number of nitrogens with one attached hydrogen (secondary N) is 1. The van der Waals surface area contributed by atoms with E-state index >= 15 is 0 Å². The van der Waals surface area contributed by atoms with Gasteiger partial charge in [0.05, 0.1) is 13.2 Å². The van der Waals surface area contributed by atoms with E-state index in [1.54, 1.807) is 6.07 Å². The zero-order chi connectivity index (χ0) is 17.3. The first kappa shape index (κ1) is 17.1. The molecule has 0 saturated carbocycles. The highest BCUT2D eigenvalue weighted by molar-refractivity contribution is 5.56. The van der Waals surface area contributed by atoms with E-state index in [-0.39, 0.29) is 23.8 Å². The van der Waals surface area contributed by atoms with Gasteiger partial charge in [-0.05, 0) is 26.2 Å². The van der Waals surface area contributed by atoms with Crippen LogP contribution in [0.3, 0.4) is 0 Å². The number of alkyl halides is 3. The number of rotatable bonds is 2. The Morgan fingerprint density at radius 2 is 2.00 bits per heavy atom. The Morgan fingerprint density at radius 1 is 1.21 bits per heavy atom. The maximum absolute atomic E-state index is 13.3. The lowest BCUT2D eigenvalue weighted by Gasteiger charge is -2.39. The monoisotopic (exact) mass is 345 g/mol. The molecular weight excluding hydrogens is 323 g/mol. The van der Waals surface area contributed by atoms with Crippen LogP contribution in [0.1, 0.15) is 26.2 Å². The summed E-state index contributed by atoms with van der Waals surface area (Å²) in [5.74, 6) is 0.248. The minimum Gasteiger partial charge on any atom is -0.377 e. The van der Waals surface area contributed by atoms with E-state index in [2.05, 4.69) is 4.98 Å². The first-order chi connectivity index (χ1) is 11.4. The molecule has 5 nitrogen and oxygen atoms in total. The molecule has 8 heteroatoms. The largest absolute Gasteiger partial charge is 0.408 e. The van der Waals surface area contributed by atoms with Crippen molar-refractivity contribution in [1.29, 1.82) is 0 Å². The van der Waals surface area contributed by atoms with E-state index in [1.807, 2.05) is 11.8 Å². The third kappa shape index (κ3) is 3.53. The van der Waals surface area contributed by atoms with Crippen molar-refractivity contribution in [2.75, 3.05) is 36.1 Å². The Kier molecular flexibility index (Phi) is 4.76. The predicted molar refractivity (Wildman–Crippen MR) is 85.7 cm³/mol. The van der Waals surface area contributed by atoms with Gasteiger partial charge in [0.2, 0.25) is 0 Å². The molecule has 1 aromatic rings. The summed E-state index contributed by atoms with van der Waals surface area (Å²) in [6.45, 7) is 3.97. The number of H-pyrrole nitrogens is 1. The molecule has 0 unspecified atom stereocenters. The van der Waals surface area contributed by atoms with E-state index in [0.29, 0.717) is 44.8 Å². The summed E-state index contributed by atoms with van der Waals surface area (Å²) in [5, 5.41) is 0. The summed E-state index contributed by atoms with van der Waals surface area (Å²) in [4.78, 5) is 17.9. The summed E-state index contributed by atoms with van der Waals surface area (Å²) in [6.07, 6.45) is -3.01. The molecule has 0 amide bonds. The van der Waals surface area contributed by atoms with Gasteiger partial charge in [-0.15, -0.1) is 0 Å². The second-order valence-electron chi connectivity index (χ2n) is 6.45. The zero-order valence-electron chi connectivity index (χ0n) is 13.6. The Bertz CT molecular complexity index is 632. The number of anilines is 2. The van der Waals surface area contributed by atoms with Gasteiger partial charge < -0.3 is 19.5 Å². The van der Waals surface area contributed by atoms with Gasteiger partial charge in [-0.3, -0.25) is 4.79 Å². The number of piperidine rings is 1. The Balaban J connectivity index is 1.94. The molecule has 24 heavy (non-hydrogen) atoms. The number of halogens is 3. The summed E-state index contributed by atoms with van der Waals surface area (Å²) in [6, 6.07) is 1.64. The molecule has 2 aliphatic heterocycles. The quantitative estimate of drug-likeness (QED) is 0.895.